The molecule has 48 heavy (non-hydrogen) atoms. The van der Waals surface area contributed by atoms with Crippen molar-refractivity contribution in [1.29, 1.82) is 0 Å². The SMILES string of the molecule is COc1ccc(CCNC(=O)[C@@H](c2ccccc2)N(Cc2ccc(Cl)cc2)C(=O)CCc2ccc(S(=O)(=O)NC3CC3)cc2)cc1OC. The highest BCUT2D eigenvalue weighted by Crippen LogP contribution is 2.29. The molecule has 1 fully saturated rings. The van der Waals surface area contributed by atoms with Gasteiger partial charge in [0.25, 0.3) is 0 Å². The average molecular weight is 690 g/mol. The Kier molecular flexibility index (Phi) is 11.8. The van der Waals surface area contributed by atoms with Crippen molar-refractivity contribution in [3.63, 3.8) is 0 Å². The Labute approximate surface area is 287 Å². The van der Waals surface area contributed by atoms with Crippen molar-refractivity contribution in [2.75, 3.05) is 20.8 Å². The van der Waals surface area contributed by atoms with Crippen LogP contribution >= 0.6 is 11.6 Å². The molecule has 1 saturated carbocycles. The molecule has 0 saturated heterocycles. The van der Waals surface area contributed by atoms with Crippen molar-refractivity contribution in [1.82, 2.24) is 14.9 Å². The van der Waals surface area contributed by atoms with E-state index in [0.717, 1.165) is 29.5 Å². The maximum atomic E-state index is 14.1. The van der Waals surface area contributed by atoms with Crippen LogP contribution in [-0.4, -0.2) is 51.9 Å². The maximum Gasteiger partial charge on any atom is 0.247 e. The van der Waals surface area contributed by atoms with Gasteiger partial charge in [0.15, 0.2) is 11.5 Å². The number of methoxy groups -OCH3 is 2. The highest BCUT2D eigenvalue weighted by atomic mass is 35.5. The van der Waals surface area contributed by atoms with Gasteiger partial charge in [-0.2, -0.15) is 0 Å². The summed E-state index contributed by atoms with van der Waals surface area (Å²) in [4.78, 5) is 29.9. The molecular weight excluding hydrogens is 650 g/mol. The molecule has 4 aromatic rings. The number of ether oxygens (including phenoxy) is 2. The molecule has 0 bridgehead atoms. The second kappa shape index (κ2) is 16.1. The minimum atomic E-state index is -3.57. The fraction of sp³-hybridized carbons (Fsp3) is 0.297. The van der Waals surface area contributed by atoms with E-state index < -0.39 is 16.1 Å². The molecule has 1 atom stereocenters. The summed E-state index contributed by atoms with van der Waals surface area (Å²) >= 11 is 6.15. The van der Waals surface area contributed by atoms with Gasteiger partial charge in [0, 0.05) is 30.6 Å². The third-order valence-electron chi connectivity index (χ3n) is 8.18. The smallest absolute Gasteiger partial charge is 0.247 e. The zero-order valence-electron chi connectivity index (χ0n) is 27.0. The van der Waals surface area contributed by atoms with Gasteiger partial charge in [-0.1, -0.05) is 72.3 Å². The summed E-state index contributed by atoms with van der Waals surface area (Å²) in [6.07, 6.45) is 2.73. The summed E-state index contributed by atoms with van der Waals surface area (Å²) in [6.45, 7) is 0.522. The number of benzene rings is 4. The number of rotatable bonds is 16. The molecule has 4 aromatic carbocycles. The Balaban J connectivity index is 1.34. The molecule has 11 heteroatoms. The van der Waals surface area contributed by atoms with Crippen molar-refractivity contribution >= 4 is 33.4 Å². The van der Waals surface area contributed by atoms with E-state index >= 15 is 0 Å². The van der Waals surface area contributed by atoms with E-state index in [2.05, 4.69) is 10.0 Å². The first-order chi connectivity index (χ1) is 23.2. The third-order valence-corrected chi connectivity index (χ3v) is 9.97. The van der Waals surface area contributed by atoms with Crippen LogP contribution in [0.4, 0.5) is 0 Å². The van der Waals surface area contributed by atoms with Gasteiger partial charge in [0.2, 0.25) is 21.8 Å². The molecule has 0 heterocycles. The van der Waals surface area contributed by atoms with E-state index in [1.807, 2.05) is 60.7 Å². The van der Waals surface area contributed by atoms with Gasteiger partial charge in [0.1, 0.15) is 6.04 Å². The van der Waals surface area contributed by atoms with E-state index in [4.69, 9.17) is 21.1 Å². The predicted molar refractivity (Wildman–Crippen MR) is 186 cm³/mol. The van der Waals surface area contributed by atoms with Crippen molar-refractivity contribution in [3.05, 3.63) is 124 Å². The number of sulfonamides is 1. The molecular formula is C37H40ClN3O6S. The number of hydrogen-bond donors (Lipinski definition) is 2. The van der Waals surface area contributed by atoms with Crippen molar-refractivity contribution in [3.8, 4) is 11.5 Å². The minimum absolute atomic E-state index is 0.0136. The van der Waals surface area contributed by atoms with Crippen molar-refractivity contribution < 1.29 is 27.5 Å². The number of halogens is 1. The lowest BCUT2D eigenvalue weighted by atomic mass is 10.0. The lowest BCUT2D eigenvalue weighted by Gasteiger charge is -2.32. The number of nitrogens with zero attached hydrogens (tertiary/aromatic N) is 1. The van der Waals surface area contributed by atoms with Gasteiger partial charge in [-0.25, -0.2) is 13.1 Å². The fourth-order valence-electron chi connectivity index (χ4n) is 5.40. The monoisotopic (exact) mass is 689 g/mol. The van der Waals surface area contributed by atoms with Gasteiger partial charge >= 0.3 is 0 Å². The quantitative estimate of drug-likeness (QED) is 0.152. The Morgan fingerprint density at radius 3 is 2.12 bits per heavy atom. The Morgan fingerprint density at radius 2 is 1.48 bits per heavy atom. The second-order valence-corrected chi connectivity index (χ2v) is 13.9. The van der Waals surface area contributed by atoms with E-state index in [-0.39, 0.29) is 35.7 Å². The number of hydrogen-bond acceptors (Lipinski definition) is 6. The van der Waals surface area contributed by atoms with Gasteiger partial charge in [-0.15, -0.1) is 0 Å². The van der Waals surface area contributed by atoms with Crippen LogP contribution in [0, 0.1) is 0 Å². The highest BCUT2D eigenvalue weighted by Gasteiger charge is 2.31. The number of amides is 2. The summed E-state index contributed by atoms with van der Waals surface area (Å²) in [6, 6.07) is 27.8. The minimum Gasteiger partial charge on any atom is -0.493 e. The molecule has 1 aliphatic carbocycles. The number of nitrogens with one attached hydrogen (secondary N) is 2. The van der Waals surface area contributed by atoms with Crippen LogP contribution in [0.3, 0.4) is 0 Å². The summed E-state index contributed by atoms with van der Waals surface area (Å²) in [5.74, 6) is 0.703. The summed E-state index contributed by atoms with van der Waals surface area (Å²) in [5, 5.41) is 3.62. The lowest BCUT2D eigenvalue weighted by Crippen LogP contribution is -2.44. The topological polar surface area (TPSA) is 114 Å². The Hall–Kier alpha value is -4.38. The molecule has 2 amide bonds. The predicted octanol–water partition coefficient (Wildman–Crippen LogP) is 5.86. The standard InChI is InChI=1S/C37H40ClN3O6S/c1-46-33-20-12-27(24-34(33)47-2)22-23-39-37(43)36(29-6-4-3-5-7-29)41(25-28-8-14-30(38)15-9-28)35(42)21-13-26-10-18-32(19-11-26)48(44,45)40-31-16-17-31/h3-12,14-15,18-20,24,31,36,40H,13,16-17,21-23,25H2,1-2H3,(H,39,43)/t36-/m1/s1. The first kappa shape index (κ1) is 34.9. The zero-order chi connectivity index (χ0) is 34.1. The van der Waals surface area contributed by atoms with Crippen LogP contribution in [0.2, 0.25) is 5.02 Å². The molecule has 5 rings (SSSR count). The summed E-state index contributed by atoms with van der Waals surface area (Å²) in [5.41, 5.74) is 3.28. The van der Waals surface area contributed by atoms with Gasteiger partial charge in [-0.05, 0) is 84.3 Å². The number of carbonyl (C=O) groups is 2. The molecule has 0 spiro atoms. The zero-order valence-corrected chi connectivity index (χ0v) is 28.6. The molecule has 0 unspecified atom stereocenters. The van der Waals surface area contributed by atoms with Crippen LogP contribution in [0.5, 0.6) is 11.5 Å². The molecule has 0 radical (unpaired) electrons. The van der Waals surface area contributed by atoms with Crippen LogP contribution in [0.15, 0.2) is 102 Å². The Morgan fingerprint density at radius 1 is 0.833 bits per heavy atom. The van der Waals surface area contributed by atoms with E-state index in [1.165, 1.54) is 0 Å². The van der Waals surface area contributed by atoms with Crippen molar-refractivity contribution in [2.24, 2.45) is 0 Å². The molecule has 0 aliphatic heterocycles. The van der Waals surface area contributed by atoms with Crippen LogP contribution < -0.4 is 19.5 Å². The van der Waals surface area contributed by atoms with E-state index in [9.17, 15) is 18.0 Å². The largest absolute Gasteiger partial charge is 0.493 e. The molecule has 0 aromatic heterocycles. The van der Waals surface area contributed by atoms with E-state index in [0.29, 0.717) is 41.5 Å². The molecule has 9 nitrogen and oxygen atoms in total. The second-order valence-electron chi connectivity index (χ2n) is 11.7. The third kappa shape index (κ3) is 9.37. The summed E-state index contributed by atoms with van der Waals surface area (Å²) in [7, 11) is -0.416. The normalized spacial score (nSPS) is 13.4. The average Bonchev–Trinajstić information content (AvgIpc) is 3.91. The number of carbonyl (C=O) groups excluding carboxylic acids is 2. The van der Waals surface area contributed by atoms with Gasteiger partial charge in [0.05, 0.1) is 19.1 Å². The Bertz CT molecular complexity index is 1800. The molecule has 252 valence electrons. The van der Waals surface area contributed by atoms with Crippen LogP contribution in [-0.2, 0) is 39.0 Å². The number of aryl methyl sites for hydroxylation is 1. The van der Waals surface area contributed by atoms with Crippen LogP contribution in [0.1, 0.15) is 47.6 Å². The van der Waals surface area contributed by atoms with Gasteiger partial charge < -0.3 is 19.7 Å². The maximum absolute atomic E-state index is 14.1. The highest BCUT2D eigenvalue weighted by molar-refractivity contribution is 7.89. The first-order valence-corrected chi connectivity index (χ1v) is 17.7. The van der Waals surface area contributed by atoms with Crippen molar-refractivity contribution in [2.45, 2.75) is 55.6 Å². The first-order valence-electron chi connectivity index (χ1n) is 15.9. The van der Waals surface area contributed by atoms with E-state index in [1.54, 1.807) is 55.5 Å². The summed E-state index contributed by atoms with van der Waals surface area (Å²) < 4.78 is 38.6. The van der Waals surface area contributed by atoms with Gasteiger partial charge in [-0.3, -0.25) is 9.59 Å². The molecule has 2 N–H and O–H groups in total. The van der Waals surface area contributed by atoms with Crippen LogP contribution in [0.25, 0.3) is 0 Å². The lowest BCUT2D eigenvalue weighted by molar-refractivity contribution is -0.141. The fourth-order valence-corrected chi connectivity index (χ4v) is 6.83. The molecule has 1 aliphatic rings.